The third kappa shape index (κ3) is 6.15. The Labute approximate surface area is 202 Å². The summed E-state index contributed by atoms with van der Waals surface area (Å²) in [6.07, 6.45) is 3.61. The molecule has 0 saturated carbocycles. The van der Waals surface area contributed by atoms with Crippen molar-refractivity contribution >= 4 is 32.7 Å². The number of benzene rings is 2. The molecule has 1 N–H and O–H groups in total. The van der Waals surface area contributed by atoms with Crippen LogP contribution in [0.15, 0.2) is 47.4 Å². The van der Waals surface area contributed by atoms with Gasteiger partial charge in [-0.05, 0) is 43.2 Å². The number of nitrogens with zero attached hydrogens (tertiary/aromatic N) is 3. The smallest absolute Gasteiger partial charge is 0.242 e. The molecule has 3 rings (SSSR count). The summed E-state index contributed by atoms with van der Waals surface area (Å²) in [5.74, 6) is 1.39. The van der Waals surface area contributed by atoms with Crippen molar-refractivity contribution in [3.05, 3.63) is 48.3 Å². The topological polar surface area (TPSA) is 93.5 Å². The Balaban J connectivity index is 1.78. The fourth-order valence-electron chi connectivity index (χ4n) is 3.62. The van der Waals surface area contributed by atoms with E-state index in [1.54, 1.807) is 18.2 Å². The van der Waals surface area contributed by atoms with E-state index in [0.29, 0.717) is 24.2 Å². The number of sulfonamides is 1. The molecule has 9 heteroatoms. The van der Waals surface area contributed by atoms with Crippen molar-refractivity contribution in [2.24, 2.45) is 0 Å². The van der Waals surface area contributed by atoms with Crippen molar-refractivity contribution in [1.82, 2.24) is 13.9 Å². The number of aromatic nitrogens is 2. The van der Waals surface area contributed by atoms with Gasteiger partial charge in [0.25, 0.3) is 0 Å². The lowest BCUT2D eigenvalue weighted by Crippen LogP contribution is -2.22. The van der Waals surface area contributed by atoms with Gasteiger partial charge in [-0.3, -0.25) is 4.79 Å². The number of carbonyl (C=O) groups excluding carboxylic acids is 1. The minimum absolute atomic E-state index is 0.113. The Hall–Kier alpha value is -2.91. The third-order valence-corrected chi connectivity index (χ3v) is 7.29. The molecule has 1 aromatic heterocycles. The summed E-state index contributed by atoms with van der Waals surface area (Å²) in [7, 11) is -0.531. The van der Waals surface area contributed by atoms with E-state index in [9.17, 15) is 13.2 Å². The lowest BCUT2D eigenvalue weighted by atomic mass is 10.2. The third-order valence-electron chi connectivity index (χ3n) is 5.48. The van der Waals surface area contributed by atoms with Gasteiger partial charge in [0.15, 0.2) is 0 Å². The first-order valence-electron chi connectivity index (χ1n) is 11.7. The SMILES string of the molecule is CCCCn1c(CCC(=O)Nc2cccc(OCCC)c2)nc2cc(S(=O)(=O)N(C)C)ccc21. The van der Waals surface area contributed by atoms with Crippen LogP contribution in [0, 0.1) is 0 Å². The molecule has 1 amide bonds. The molecule has 8 nitrogen and oxygen atoms in total. The first-order valence-corrected chi connectivity index (χ1v) is 13.1. The van der Waals surface area contributed by atoms with Crippen molar-refractivity contribution in [3.63, 3.8) is 0 Å². The second kappa shape index (κ2) is 11.5. The molecular formula is C25H34N4O4S. The maximum atomic E-state index is 12.6. The van der Waals surface area contributed by atoms with E-state index in [1.807, 2.05) is 31.2 Å². The van der Waals surface area contributed by atoms with Crippen LogP contribution in [-0.2, 0) is 27.8 Å². The van der Waals surface area contributed by atoms with Gasteiger partial charge in [0.1, 0.15) is 11.6 Å². The van der Waals surface area contributed by atoms with Crippen LogP contribution in [0.1, 0.15) is 45.4 Å². The summed E-state index contributed by atoms with van der Waals surface area (Å²) in [5, 5.41) is 2.93. The van der Waals surface area contributed by atoms with E-state index < -0.39 is 10.0 Å². The average Bonchev–Trinajstić information content (AvgIpc) is 3.16. The molecule has 0 aliphatic carbocycles. The highest BCUT2D eigenvalue weighted by Gasteiger charge is 2.20. The number of carbonyl (C=O) groups is 1. The first kappa shape index (κ1) is 25.7. The Morgan fingerprint density at radius 1 is 1.12 bits per heavy atom. The maximum Gasteiger partial charge on any atom is 0.242 e. The monoisotopic (exact) mass is 486 g/mol. The molecule has 0 bridgehead atoms. The van der Waals surface area contributed by atoms with Gasteiger partial charge >= 0.3 is 0 Å². The van der Waals surface area contributed by atoms with Crippen molar-refractivity contribution in [3.8, 4) is 5.75 Å². The van der Waals surface area contributed by atoms with Gasteiger partial charge in [0, 0.05) is 45.2 Å². The number of unbranched alkanes of at least 4 members (excludes halogenated alkanes) is 1. The second-order valence-electron chi connectivity index (χ2n) is 8.40. The fraction of sp³-hybridized carbons (Fsp3) is 0.440. The lowest BCUT2D eigenvalue weighted by molar-refractivity contribution is -0.116. The van der Waals surface area contributed by atoms with Crippen LogP contribution in [0.3, 0.4) is 0 Å². The van der Waals surface area contributed by atoms with E-state index in [4.69, 9.17) is 9.72 Å². The highest BCUT2D eigenvalue weighted by atomic mass is 32.2. The van der Waals surface area contributed by atoms with Crippen LogP contribution in [0.2, 0.25) is 0 Å². The molecule has 0 aliphatic rings. The van der Waals surface area contributed by atoms with Crippen molar-refractivity contribution in [1.29, 1.82) is 0 Å². The van der Waals surface area contributed by atoms with Gasteiger partial charge in [0.05, 0.1) is 22.5 Å². The van der Waals surface area contributed by atoms with Gasteiger partial charge in [-0.15, -0.1) is 0 Å². The van der Waals surface area contributed by atoms with E-state index in [2.05, 4.69) is 16.8 Å². The molecule has 0 spiro atoms. The fourth-order valence-corrected chi connectivity index (χ4v) is 4.54. The van der Waals surface area contributed by atoms with Crippen LogP contribution in [-0.4, -0.2) is 48.9 Å². The molecule has 2 aromatic carbocycles. The summed E-state index contributed by atoms with van der Waals surface area (Å²) in [6, 6.07) is 12.4. The molecule has 0 saturated heterocycles. The number of fused-ring (bicyclic) bond motifs is 1. The summed E-state index contributed by atoms with van der Waals surface area (Å²) >= 11 is 0. The van der Waals surface area contributed by atoms with Crippen molar-refractivity contribution in [2.75, 3.05) is 26.0 Å². The Morgan fingerprint density at radius 2 is 1.91 bits per heavy atom. The largest absolute Gasteiger partial charge is 0.494 e. The van der Waals surface area contributed by atoms with E-state index in [-0.39, 0.29) is 17.2 Å². The standard InChI is InChI=1S/C25H34N4O4S/c1-5-7-15-29-23-12-11-21(34(31,32)28(3)4)18-22(23)27-24(29)13-14-25(30)26-19-9-8-10-20(17-19)33-16-6-2/h8-12,17-18H,5-7,13-16H2,1-4H3,(H,26,30). The number of anilines is 1. The molecular weight excluding hydrogens is 452 g/mol. The molecule has 0 fully saturated rings. The van der Waals surface area contributed by atoms with E-state index in [0.717, 1.165) is 42.9 Å². The number of hydrogen-bond donors (Lipinski definition) is 1. The van der Waals surface area contributed by atoms with Gasteiger partial charge in [-0.2, -0.15) is 0 Å². The van der Waals surface area contributed by atoms with Gasteiger partial charge in [-0.25, -0.2) is 17.7 Å². The number of hydrogen-bond acceptors (Lipinski definition) is 5. The molecule has 1 heterocycles. The summed E-state index contributed by atoms with van der Waals surface area (Å²) in [5.41, 5.74) is 2.19. The highest BCUT2D eigenvalue weighted by molar-refractivity contribution is 7.89. The first-order chi connectivity index (χ1) is 16.3. The minimum atomic E-state index is -3.55. The van der Waals surface area contributed by atoms with Gasteiger partial charge < -0.3 is 14.6 Å². The molecule has 34 heavy (non-hydrogen) atoms. The van der Waals surface area contributed by atoms with Crippen LogP contribution < -0.4 is 10.1 Å². The van der Waals surface area contributed by atoms with Crippen LogP contribution in [0.5, 0.6) is 5.75 Å². The Bertz CT molecular complexity index is 1230. The highest BCUT2D eigenvalue weighted by Crippen LogP contribution is 2.24. The zero-order valence-corrected chi connectivity index (χ0v) is 21.2. The average molecular weight is 487 g/mol. The van der Waals surface area contributed by atoms with Crippen LogP contribution in [0.4, 0.5) is 5.69 Å². The second-order valence-corrected chi connectivity index (χ2v) is 10.5. The summed E-state index contributed by atoms with van der Waals surface area (Å²) in [4.78, 5) is 17.6. The summed E-state index contributed by atoms with van der Waals surface area (Å²) in [6.45, 7) is 5.55. The normalized spacial score (nSPS) is 11.8. The molecule has 184 valence electrons. The Kier molecular flexibility index (Phi) is 8.68. The number of imidazole rings is 1. The lowest BCUT2D eigenvalue weighted by Gasteiger charge is -2.12. The van der Waals surface area contributed by atoms with E-state index in [1.165, 1.54) is 18.4 Å². The quantitative estimate of drug-likeness (QED) is 0.408. The number of amides is 1. The zero-order valence-electron chi connectivity index (χ0n) is 20.4. The number of rotatable bonds is 12. The minimum Gasteiger partial charge on any atom is -0.494 e. The van der Waals surface area contributed by atoms with Crippen molar-refractivity contribution in [2.45, 2.75) is 57.4 Å². The molecule has 3 aromatic rings. The molecule has 0 radical (unpaired) electrons. The van der Waals surface area contributed by atoms with Crippen LogP contribution in [0.25, 0.3) is 11.0 Å². The number of nitrogens with one attached hydrogen (secondary N) is 1. The van der Waals surface area contributed by atoms with Crippen LogP contribution >= 0.6 is 0 Å². The molecule has 0 atom stereocenters. The molecule has 0 aliphatic heterocycles. The summed E-state index contributed by atoms with van der Waals surface area (Å²) < 4.78 is 34.0. The number of ether oxygens (including phenoxy) is 1. The number of aryl methyl sites for hydroxylation is 2. The van der Waals surface area contributed by atoms with Crippen molar-refractivity contribution < 1.29 is 17.9 Å². The Morgan fingerprint density at radius 3 is 2.62 bits per heavy atom. The molecule has 0 unspecified atom stereocenters. The van der Waals surface area contributed by atoms with Gasteiger partial charge in [0.2, 0.25) is 15.9 Å². The maximum absolute atomic E-state index is 12.6. The van der Waals surface area contributed by atoms with E-state index >= 15 is 0 Å². The predicted molar refractivity (Wildman–Crippen MR) is 135 cm³/mol. The van der Waals surface area contributed by atoms with Gasteiger partial charge in [-0.1, -0.05) is 26.3 Å². The zero-order chi connectivity index (χ0) is 24.7. The predicted octanol–water partition coefficient (Wildman–Crippen LogP) is 4.45.